The SMILES string of the molecule is C#CC[C@@H](O[Si](C)(C)C(C)(C)C)[C@H](CCCO[Si](C)(C)C(C)(C)C)[C@@H](C=C)O[Si](C)(C)C(C)(C)C.C=C1C(=O)O[C@@H](C[C@@H](C)[C@H]2CC[C@H]3/C(=C/Br)CCC[C@]23C)[C@@H]1C.C=C1C(=O)O[C@@H](C[C@@H](C)[C@H]2CC[C@H]3/C(=C/C=C4/C[C@@H](O)[C@H](CCCO)[C@H](O)C4=C)CCC[C@]23C)[C@@H]1C.CC.F. The molecular weight excluding hydrogens is 1330 g/mol. The van der Waals surface area contributed by atoms with E-state index in [4.69, 9.17) is 34.3 Å². The second-order valence-corrected chi connectivity index (χ2v) is 50.1. The Labute approximate surface area is 604 Å². The van der Waals surface area contributed by atoms with Crippen LogP contribution in [0.2, 0.25) is 54.4 Å². The number of carbonyl (C=O) groups excluding carboxylic acids is 2. The molecule has 0 bridgehead atoms. The number of hydrogen-bond donors (Lipinski definition) is 3. The number of terminal acetylenes is 1. The summed E-state index contributed by atoms with van der Waals surface area (Å²) in [5, 5.41) is 31.0. The average molecular weight is 1470 g/mol. The Morgan fingerprint density at radius 2 is 1.16 bits per heavy atom. The number of ether oxygens (including phenoxy) is 2. The normalized spacial score (nSPS) is 32.2. The molecule has 7 aliphatic rings. The monoisotopic (exact) mass is 1470 g/mol. The van der Waals surface area contributed by atoms with E-state index in [1.807, 2.05) is 19.9 Å². The fourth-order valence-corrected chi connectivity index (χ4v) is 21.1. The first-order valence-corrected chi connectivity index (χ1v) is 47.2. The molecule has 0 spiro atoms. The average Bonchev–Trinajstić information content (AvgIpc) is 1.54. The lowest BCUT2D eigenvalue weighted by atomic mass is 9.60. The van der Waals surface area contributed by atoms with Gasteiger partial charge in [-0.25, -0.2) is 9.59 Å². The number of fused-ring (bicyclic) bond motifs is 2. The van der Waals surface area contributed by atoms with Crippen molar-refractivity contribution in [2.45, 2.75) is 324 Å². The van der Waals surface area contributed by atoms with E-state index < -0.39 is 37.2 Å². The summed E-state index contributed by atoms with van der Waals surface area (Å²) in [7, 11) is -5.81. The molecule has 15 heteroatoms. The predicted octanol–water partition coefficient (Wildman–Crippen LogP) is 21.5. The van der Waals surface area contributed by atoms with Crippen LogP contribution in [0.4, 0.5) is 4.70 Å². The number of hydrogen-bond acceptors (Lipinski definition) is 10. The van der Waals surface area contributed by atoms with Gasteiger partial charge in [-0.1, -0.05) is 183 Å². The number of cyclic esters (lactones) is 2. The first kappa shape index (κ1) is 88.7. The molecular formula is C82H142BrFO10Si3. The Bertz CT molecular complexity index is 2760. The summed E-state index contributed by atoms with van der Waals surface area (Å²) in [5.41, 5.74) is 6.66. The van der Waals surface area contributed by atoms with Crippen molar-refractivity contribution in [1.29, 1.82) is 0 Å². The van der Waals surface area contributed by atoms with E-state index in [1.54, 1.807) is 5.57 Å². The van der Waals surface area contributed by atoms with Gasteiger partial charge in [0.15, 0.2) is 25.0 Å². The van der Waals surface area contributed by atoms with E-state index in [2.05, 4.69) is 208 Å². The Kier molecular flexibility index (Phi) is 33.6. The number of aliphatic hydroxyl groups excluding tert-OH is 3. The highest BCUT2D eigenvalue weighted by Gasteiger charge is 2.54. The zero-order chi connectivity index (χ0) is 73.1. The molecule has 0 unspecified atom stereocenters. The molecule has 5 saturated carbocycles. The zero-order valence-corrected chi connectivity index (χ0v) is 70.2. The quantitative estimate of drug-likeness (QED) is 0.0226. The highest BCUT2D eigenvalue weighted by molar-refractivity contribution is 9.11. The minimum absolute atomic E-state index is 0. The van der Waals surface area contributed by atoms with Gasteiger partial charge in [0.2, 0.25) is 0 Å². The predicted molar refractivity (Wildman–Crippen MR) is 417 cm³/mol. The standard InChI is InChI=1S/C31H46O5.C29H60O3Si3.C20H29BrO2.C2H6.FH/c1-18(16-28-19(2)20(3)30(35)36-28)25-12-13-26-22(8-6-14-31(25,26)5)10-11-23-17-27(33)24(9-7-15-32)29(34)21(23)4;1-18-21-26(32-35(16,17)29(9,10)11)24(22-20-23-30-33(12,13)27(3,4)5)25(19-2)31-34(14,15)28(6,7)8;1-12(10-18-13(2)14(3)19(22)23-18)16-7-8-17-15(11-21)6-5-9-20(16,17)4;1-2;/h10-11,18-19,24-29,32-34H,3-4,6-9,12-17H2,1-2,5H3;1,19,24-26H,2,20-23H2,3-17H3;11-13,16-18H,3,5-10H2,1-2,4H3;1-2H3;1H/b22-10+,23-11-;;15-11+;;/t18-,19-,24+,25-,26+,27-,28+,29-,31-;24-,25-,26-;12-,13-,16-,17+,18+,20-;;/m111../s1. The number of aliphatic hydroxyl groups is 3. The largest absolute Gasteiger partial charge is 0.458 e. The molecule has 97 heavy (non-hydrogen) atoms. The number of carbonyl (C=O) groups is 2. The van der Waals surface area contributed by atoms with Crippen LogP contribution in [0.1, 0.15) is 233 Å². The molecule has 7 rings (SSSR count). The highest BCUT2D eigenvalue weighted by atomic mass is 79.9. The third-order valence-electron chi connectivity index (χ3n) is 26.2. The molecule has 0 amide bonds. The molecule has 0 radical (unpaired) electrons. The maximum absolute atomic E-state index is 12.0. The van der Waals surface area contributed by atoms with Gasteiger partial charge in [-0.2, -0.15) is 0 Å². The van der Waals surface area contributed by atoms with Gasteiger partial charge in [0.05, 0.1) is 24.4 Å². The van der Waals surface area contributed by atoms with Gasteiger partial charge in [-0.05, 0) is 226 Å². The summed E-state index contributed by atoms with van der Waals surface area (Å²) in [4.78, 5) is 25.9. The molecule has 0 aromatic rings. The summed E-state index contributed by atoms with van der Waals surface area (Å²) >= 11 is 3.59. The van der Waals surface area contributed by atoms with Gasteiger partial charge >= 0.3 is 11.9 Å². The van der Waals surface area contributed by atoms with Gasteiger partial charge in [0, 0.05) is 54.5 Å². The van der Waals surface area contributed by atoms with Gasteiger partial charge in [0.1, 0.15) is 12.2 Å². The van der Waals surface area contributed by atoms with Crippen LogP contribution >= 0.6 is 15.9 Å². The van der Waals surface area contributed by atoms with E-state index in [-0.39, 0.29) is 91.9 Å². The number of halogens is 2. The molecule has 2 aliphatic heterocycles. The Hall–Kier alpha value is -2.50. The third kappa shape index (κ3) is 21.6. The molecule has 10 nitrogen and oxygen atoms in total. The Balaban J connectivity index is 0.000000380. The molecule has 18 atom stereocenters. The first-order chi connectivity index (χ1) is 44.4. The molecule has 3 N–H and O–H groups in total. The Morgan fingerprint density at radius 1 is 0.711 bits per heavy atom. The van der Waals surface area contributed by atoms with Gasteiger partial charge in [0.25, 0.3) is 0 Å². The van der Waals surface area contributed by atoms with Crippen molar-refractivity contribution in [3.05, 3.63) is 83.0 Å². The summed E-state index contributed by atoms with van der Waals surface area (Å²) < 4.78 is 31.7. The van der Waals surface area contributed by atoms with E-state index in [0.29, 0.717) is 71.5 Å². The first-order valence-electron chi connectivity index (χ1n) is 37.6. The lowest BCUT2D eigenvalue weighted by Gasteiger charge is -2.45. The molecule has 5 aliphatic carbocycles. The van der Waals surface area contributed by atoms with Crippen molar-refractivity contribution in [3.63, 3.8) is 0 Å². The lowest BCUT2D eigenvalue weighted by molar-refractivity contribution is -0.141. The van der Waals surface area contributed by atoms with Crippen molar-refractivity contribution in [2.24, 2.45) is 70.0 Å². The van der Waals surface area contributed by atoms with Crippen LogP contribution in [-0.2, 0) is 32.3 Å². The fourth-order valence-electron chi connectivity index (χ4n) is 16.8. The van der Waals surface area contributed by atoms with E-state index in [0.717, 1.165) is 56.1 Å². The third-order valence-corrected chi connectivity index (χ3v) is 40.3. The van der Waals surface area contributed by atoms with Gasteiger partial charge < -0.3 is 38.1 Å². The van der Waals surface area contributed by atoms with Crippen LogP contribution < -0.4 is 0 Å². The second-order valence-electron chi connectivity index (χ2n) is 35.3. The fraction of sp³-hybridized carbons (Fsp3) is 0.780. The highest BCUT2D eigenvalue weighted by Crippen LogP contribution is 2.62. The van der Waals surface area contributed by atoms with Crippen molar-refractivity contribution >= 4 is 52.8 Å². The summed E-state index contributed by atoms with van der Waals surface area (Å²) in [6.07, 6.45) is 29.2. The molecule has 0 aromatic carbocycles. The maximum Gasteiger partial charge on any atom is 0.334 e. The number of rotatable bonds is 23. The number of esters is 2. The second kappa shape index (κ2) is 36.8. The van der Waals surface area contributed by atoms with E-state index >= 15 is 0 Å². The summed E-state index contributed by atoms with van der Waals surface area (Å²) in [6.45, 7) is 69.3. The van der Waals surface area contributed by atoms with Gasteiger partial charge in [-0.15, -0.1) is 18.9 Å². The van der Waals surface area contributed by atoms with Gasteiger partial charge in [-0.3, -0.25) is 4.70 Å². The van der Waals surface area contributed by atoms with Crippen LogP contribution in [0.25, 0.3) is 0 Å². The minimum Gasteiger partial charge on any atom is -0.458 e. The topological polar surface area (TPSA) is 141 Å². The summed E-state index contributed by atoms with van der Waals surface area (Å²) in [6, 6.07) is 0. The molecule has 2 saturated heterocycles. The van der Waals surface area contributed by atoms with Crippen LogP contribution in [0, 0.1) is 82.4 Å². The van der Waals surface area contributed by atoms with Crippen LogP contribution in [0.3, 0.4) is 0 Å². The van der Waals surface area contributed by atoms with E-state index in [1.165, 1.54) is 63.4 Å². The summed E-state index contributed by atoms with van der Waals surface area (Å²) in [5.74, 6) is 6.32. The van der Waals surface area contributed by atoms with Crippen LogP contribution in [0.15, 0.2) is 83.0 Å². The molecule has 7 fully saturated rings. The maximum atomic E-state index is 12.0. The smallest absolute Gasteiger partial charge is 0.334 e. The molecule has 0 aromatic heterocycles. The van der Waals surface area contributed by atoms with Crippen LogP contribution in [0.5, 0.6) is 0 Å². The molecule has 2 heterocycles. The number of allylic oxidation sites excluding steroid dienone is 4. The molecule has 556 valence electrons. The van der Waals surface area contributed by atoms with Crippen molar-refractivity contribution in [2.75, 3.05) is 13.2 Å². The van der Waals surface area contributed by atoms with Crippen LogP contribution in [-0.4, -0.2) is 102 Å². The van der Waals surface area contributed by atoms with E-state index in [9.17, 15) is 19.8 Å². The Morgan fingerprint density at radius 3 is 1.58 bits per heavy atom. The van der Waals surface area contributed by atoms with Crippen molar-refractivity contribution in [1.82, 2.24) is 0 Å². The minimum atomic E-state index is -2.02. The van der Waals surface area contributed by atoms with Crippen molar-refractivity contribution in [3.8, 4) is 12.3 Å². The lowest BCUT2D eigenvalue weighted by Crippen LogP contribution is -2.50. The zero-order valence-electron chi connectivity index (χ0n) is 65.6. The van der Waals surface area contributed by atoms with Crippen molar-refractivity contribution < 1.29 is 52.4 Å².